The van der Waals surface area contributed by atoms with Gasteiger partial charge in [0.2, 0.25) is 0 Å². The second-order valence-electron chi connectivity index (χ2n) is 7.42. The van der Waals surface area contributed by atoms with Crippen LogP contribution in [-0.4, -0.2) is 47.5 Å². The monoisotopic (exact) mass is 398 g/mol. The third-order valence-corrected chi connectivity index (χ3v) is 4.67. The van der Waals surface area contributed by atoms with Gasteiger partial charge in [0.05, 0.1) is 7.05 Å². The second-order valence-corrected chi connectivity index (χ2v) is 8.32. The predicted octanol–water partition coefficient (Wildman–Crippen LogP) is 5.67. The van der Waals surface area contributed by atoms with E-state index in [2.05, 4.69) is 6.92 Å². The van der Waals surface area contributed by atoms with Gasteiger partial charge in [-0.15, -0.1) is 0 Å². The molecule has 1 unspecified atom stereocenters. The summed E-state index contributed by atoms with van der Waals surface area (Å²) in [6, 6.07) is 0. The molecule has 0 heterocycles. The number of nitrogens with zero attached hydrogens (tertiary/aromatic N) is 1. The lowest BCUT2D eigenvalue weighted by Crippen LogP contribution is -2.40. The molecule has 0 aromatic heterocycles. The number of quaternary nitrogens is 1. The van der Waals surface area contributed by atoms with Gasteiger partial charge >= 0.3 is 10.4 Å². The largest absolute Gasteiger partial charge is 0.394 e. The number of rotatable bonds is 16. The quantitative estimate of drug-likeness (QED) is 0.135. The first-order valence-corrected chi connectivity index (χ1v) is 11.8. The predicted molar refractivity (Wildman–Crippen MR) is 108 cm³/mol. The first-order chi connectivity index (χ1) is 12.1. The van der Waals surface area contributed by atoms with Crippen molar-refractivity contribution in [1.29, 1.82) is 0 Å². The second kappa shape index (κ2) is 18.2. The Kier molecular flexibility index (Phi) is 19.6. The fourth-order valence-corrected chi connectivity index (χ4v) is 2.81. The number of hydrogen-bond donors (Lipinski definition) is 3. The van der Waals surface area contributed by atoms with E-state index in [1.165, 1.54) is 89.9 Å². The molecule has 0 fully saturated rings. The molecule has 0 aliphatic heterocycles. The highest BCUT2D eigenvalue weighted by atomic mass is 32.3. The number of hydroxylamine groups is 3. The molecule has 0 saturated heterocycles. The molecule has 6 nitrogen and oxygen atoms in total. The van der Waals surface area contributed by atoms with Gasteiger partial charge in [-0.25, -0.2) is 5.21 Å². The Morgan fingerprint density at radius 2 is 0.923 bits per heavy atom. The Morgan fingerprint density at radius 1 is 0.654 bits per heavy atom. The standard InChI is InChI=1S/C19H42NO.H2O4S/c1-4-6-7-8-9-10-11-12-13-14-15-16-17-18-19-20(3,21)5-2;1-5(2,3)4/h21H,4-19H2,1-3H3;(H2,1,2,3,4)/q+1;. The molecule has 0 aliphatic rings. The maximum Gasteiger partial charge on any atom is 0.394 e. The van der Waals surface area contributed by atoms with Gasteiger partial charge in [0.1, 0.15) is 13.1 Å². The van der Waals surface area contributed by atoms with E-state index < -0.39 is 10.4 Å². The van der Waals surface area contributed by atoms with E-state index in [1.54, 1.807) is 0 Å². The molecule has 0 bridgehead atoms. The fraction of sp³-hybridized carbons (Fsp3) is 1.00. The molecule has 0 amide bonds. The van der Waals surface area contributed by atoms with Crippen molar-refractivity contribution in [2.45, 2.75) is 104 Å². The zero-order valence-electron chi connectivity index (χ0n) is 17.3. The summed E-state index contributed by atoms with van der Waals surface area (Å²) >= 11 is 0. The van der Waals surface area contributed by atoms with E-state index in [0.29, 0.717) is 0 Å². The van der Waals surface area contributed by atoms with E-state index in [4.69, 9.17) is 17.5 Å². The summed E-state index contributed by atoms with van der Waals surface area (Å²) in [5.41, 5.74) is 0. The van der Waals surface area contributed by atoms with Crippen LogP contribution in [-0.2, 0) is 10.4 Å². The van der Waals surface area contributed by atoms with Gasteiger partial charge in [0, 0.05) is 0 Å². The summed E-state index contributed by atoms with van der Waals surface area (Å²) in [6.45, 7) is 6.06. The van der Waals surface area contributed by atoms with Crippen LogP contribution in [0.25, 0.3) is 0 Å². The summed E-state index contributed by atoms with van der Waals surface area (Å²) < 4.78 is 31.8. The molecule has 0 saturated carbocycles. The van der Waals surface area contributed by atoms with Crippen LogP contribution < -0.4 is 0 Å². The summed E-state index contributed by atoms with van der Waals surface area (Å²) in [5.74, 6) is 0. The van der Waals surface area contributed by atoms with E-state index in [9.17, 15) is 5.21 Å². The molecule has 26 heavy (non-hydrogen) atoms. The molecule has 160 valence electrons. The van der Waals surface area contributed by atoms with Gasteiger partial charge in [-0.05, 0) is 19.8 Å². The van der Waals surface area contributed by atoms with E-state index in [-0.39, 0.29) is 4.65 Å². The van der Waals surface area contributed by atoms with Crippen LogP contribution >= 0.6 is 0 Å². The van der Waals surface area contributed by atoms with Crippen molar-refractivity contribution in [2.24, 2.45) is 0 Å². The Morgan fingerprint density at radius 3 is 1.19 bits per heavy atom. The first-order valence-electron chi connectivity index (χ1n) is 10.4. The Labute approximate surface area is 162 Å². The van der Waals surface area contributed by atoms with Crippen molar-refractivity contribution in [2.75, 3.05) is 20.1 Å². The maximum absolute atomic E-state index is 9.85. The highest BCUT2D eigenvalue weighted by Gasteiger charge is 2.13. The molecule has 0 aromatic carbocycles. The smallest absolute Gasteiger partial charge is 0.264 e. The molecular formula is C19H44NO5S+. The molecule has 0 aromatic rings. The summed E-state index contributed by atoms with van der Waals surface area (Å²) in [7, 11) is -2.76. The normalized spacial score (nSPS) is 13.8. The van der Waals surface area contributed by atoms with E-state index in [0.717, 1.165) is 13.1 Å². The van der Waals surface area contributed by atoms with Crippen LogP contribution in [0.4, 0.5) is 0 Å². The van der Waals surface area contributed by atoms with Crippen molar-refractivity contribution in [3.8, 4) is 0 Å². The minimum Gasteiger partial charge on any atom is -0.264 e. The van der Waals surface area contributed by atoms with E-state index in [1.807, 2.05) is 14.0 Å². The maximum atomic E-state index is 9.85. The average Bonchev–Trinajstić information content (AvgIpc) is 2.53. The SMILES string of the molecule is CCCCCCCCCCCCCCCC[N+](C)(O)CC.O=S(=O)(O)O. The average molecular weight is 399 g/mol. The van der Waals surface area contributed by atoms with Gasteiger partial charge in [-0.2, -0.15) is 13.1 Å². The van der Waals surface area contributed by atoms with Crippen LogP contribution in [0.3, 0.4) is 0 Å². The van der Waals surface area contributed by atoms with Crippen molar-refractivity contribution < 1.29 is 27.4 Å². The zero-order chi connectivity index (χ0) is 20.3. The summed E-state index contributed by atoms with van der Waals surface area (Å²) in [5, 5.41) is 9.85. The molecule has 3 N–H and O–H groups in total. The lowest BCUT2D eigenvalue weighted by Gasteiger charge is -2.23. The minimum absolute atomic E-state index is 0.193. The first kappa shape index (κ1) is 28.0. The summed E-state index contributed by atoms with van der Waals surface area (Å²) in [6.07, 6.45) is 19.5. The fourth-order valence-electron chi connectivity index (χ4n) is 2.81. The zero-order valence-corrected chi connectivity index (χ0v) is 18.1. The minimum atomic E-state index is -4.67. The molecule has 0 aliphatic carbocycles. The highest BCUT2D eigenvalue weighted by Crippen LogP contribution is 2.13. The Balaban J connectivity index is 0. The molecule has 7 heteroatoms. The summed E-state index contributed by atoms with van der Waals surface area (Å²) in [4.78, 5) is 0. The van der Waals surface area contributed by atoms with Gasteiger partial charge in [-0.3, -0.25) is 9.11 Å². The molecule has 0 rings (SSSR count). The highest BCUT2D eigenvalue weighted by molar-refractivity contribution is 7.79. The Hall–Kier alpha value is -0.210. The molecule has 0 radical (unpaired) electrons. The van der Waals surface area contributed by atoms with Crippen molar-refractivity contribution in [3.63, 3.8) is 0 Å². The van der Waals surface area contributed by atoms with Crippen molar-refractivity contribution >= 4 is 10.4 Å². The lowest BCUT2D eigenvalue weighted by molar-refractivity contribution is -1.09. The third kappa shape index (κ3) is 31.5. The van der Waals surface area contributed by atoms with Crippen LogP contribution in [0, 0.1) is 0 Å². The van der Waals surface area contributed by atoms with Gasteiger partial charge in [0.25, 0.3) is 0 Å². The van der Waals surface area contributed by atoms with Crippen LogP contribution in [0.1, 0.15) is 104 Å². The van der Waals surface area contributed by atoms with E-state index >= 15 is 0 Å². The van der Waals surface area contributed by atoms with Gasteiger partial charge in [0.15, 0.2) is 0 Å². The van der Waals surface area contributed by atoms with Gasteiger partial charge < -0.3 is 0 Å². The number of hydrogen-bond acceptors (Lipinski definition) is 3. The lowest BCUT2D eigenvalue weighted by atomic mass is 10.0. The Bertz CT molecular complexity index is 377. The third-order valence-electron chi connectivity index (χ3n) is 4.67. The molecule has 0 spiro atoms. The van der Waals surface area contributed by atoms with Crippen LogP contribution in [0.15, 0.2) is 0 Å². The van der Waals surface area contributed by atoms with Crippen molar-refractivity contribution in [1.82, 2.24) is 0 Å². The molecule has 1 atom stereocenters. The molecular weight excluding hydrogens is 354 g/mol. The van der Waals surface area contributed by atoms with Crippen molar-refractivity contribution in [3.05, 3.63) is 0 Å². The van der Waals surface area contributed by atoms with Crippen LogP contribution in [0.2, 0.25) is 0 Å². The van der Waals surface area contributed by atoms with Gasteiger partial charge in [-0.1, -0.05) is 84.0 Å². The topological polar surface area (TPSA) is 94.8 Å². The van der Waals surface area contributed by atoms with Crippen LogP contribution in [0.5, 0.6) is 0 Å². The number of unbranched alkanes of at least 4 members (excludes halogenated alkanes) is 13.